The number of benzene rings is 1. The van der Waals surface area contributed by atoms with Gasteiger partial charge in [-0.05, 0) is 43.5 Å². The average Bonchev–Trinajstić information content (AvgIpc) is 2.82. The molecule has 4 rings (SSSR count). The summed E-state index contributed by atoms with van der Waals surface area (Å²) in [5, 5.41) is 3.11. The van der Waals surface area contributed by atoms with E-state index in [1.807, 2.05) is 43.9 Å². The Balaban J connectivity index is 1.75. The van der Waals surface area contributed by atoms with Crippen molar-refractivity contribution < 1.29 is 9.59 Å². The van der Waals surface area contributed by atoms with Crippen LogP contribution in [0.3, 0.4) is 0 Å². The predicted molar refractivity (Wildman–Crippen MR) is 135 cm³/mol. The number of hydrogen-bond acceptors (Lipinski definition) is 6. The second kappa shape index (κ2) is 9.36. The molecule has 2 aromatic heterocycles. The lowest BCUT2D eigenvalue weighted by molar-refractivity contribution is -0.129. The zero-order chi connectivity index (χ0) is 25.4. The molecular weight excluding hydrogens is 448 g/mol. The van der Waals surface area contributed by atoms with Gasteiger partial charge in [-0.3, -0.25) is 23.5 Å². The summed E-state index contributed by atoms with van der Waals surface area (Å²) in [7, 11) is 1.54. The molecule has 1 aromatic carbocycles. The minimum atomic E-state index is -0.609. The van der Waals surface area contributed by atoms with Gasteiger partial charge in [-0.1, -0.05) is 12.1 Å². The van der Waals surface area contributed by atoms with Crippen LogP contribution in [0, 0.1) is 20.8 Å². The van der Waals surface area contributed by atoms with E-state index in [0.717, 1.165) is 21.3 Å². The topological polar surface area (TPSA) is 110 Å². The third-order valence-corrected chi connectivity index (χ3v) is 6.52. The SMILES string of the molecule is CC(=O)N1CCN(c2c(C)cnc3c2c(=O)n(CC(=O)Nc2cc(C)ccc2C)c(=O)n3C)CC1. The van der Waals surface area contributed by atoms with Crippen LogP contribution in [0.2, 0.25) is 0 Å². The lowest BCUT2D eigenvalue weighted by atomic mass is 10.1. The van der Waals surface area contributed by atoms with Crippen molar-refractivity contribution in [3.05, 3.63) is 61.9 Å². The van der Waals surface area contributed by atoms with Gasteiger partial charge in [0.15, 0.2) is 5.65 Å². The van der Waals surface area contributed by atoms with Gasteiger partial charge in [0.25, 0.3) is 5.56 Å². The number of nitrogens with one attached hydrogen (secondary N) is 1. The first-order chi connectivity index (χ1) is 16.6. The fraction of sp³-hybridized carbons (Fsp3) is 0.400. The van der Waals surface area contributed by atoms with Crippen LogP contribution in [0.4, 0.5) is 11.4 Å². The molecule has 0 unspecified atom stereocenters. The summed E-state index contributed by atoms with van der Waals surface area (Å²) in [6.07, 6.45) is 1.64. The zero-order valence-electron chi connectivity index (χ0n) is 20.7. The molecule has 1 fully saturated rings. The molecule has 0 radical (unpaired) electrons. The number of amides is 2. The van der Waals surface area contributed by atoms with Crippen LogP contribution in [-0.4, -0.2) is 57.0 Å². The lowest BCUT2D eigenvalue weighted by Gasteiger charge is -2.36. The van der Waals surface area contributed by atoms with Gasteiger partial charge in [0.05, 0.1) is 5.69 Å². The van der Waals surface area contributed by atoms with E-state index in [-0.39, 0.29) is 11.6 Å². The van der Waals surface area contributed by atoms with Crippen LogP contribution < -0.4 is 21.5 Å². The largest absolute Gasteiger partial charge is 0.367 e. The van der Waals surface area contributed by atoms with Crippen LogP contribution in [0.1, 0.15) is 23.6 Å². The van der Waals surface area contributed by atoms with Crippen LogP contribution >= 0.6 is 0 Å². The first kappa shape index (κ1) is 24.2. The molecule has 0 saturated carbocycles. The van der Waals surface area contributed by atoms with Crippen LogP contribution in [0.5, 0.6) is 0 Å². The standard InChI is InChI=1S/C25H30N6O4/c1-15-6-7-16(2)19(12-15)27-20(33)14-31-24(34)21-22(30-10-8-29(9-11-30)18(4)32)17(3)13-26-23(21)28(5)25(31)35/h6-7,12-13H,8-11,14H2,1-5H3,(H,27,33). The van der Waals surface area contributed by atoms with Gasteiger partial charge >= 0.3 is 5.69 Å². The van der Waals surface area contributed by atoms with Gasteiger partial charge in [0, 0.05) is 52.0 Å². The van der Waals surface area contributed by atoms with E-state index in [2.05, 4.69) is 10.3 Å². The number of piperazine rings is 1. The summed E-state index contributed by atoms with van der Waals surface area (Å²) in [4.78, 5) is 59.5. The number of pyridine rings is 1. The molecule has 1 N–H and O–H groups in total. The first-order valence-electron chi connectivity index (χ1n) is 11.5. The molecule has 10 heteroatoms. The molecule has 184 valence electrons. The van der Waals surface area contributed by atoms with Crippen molar-refractivity contribution in [2.75, 3.05) is 36.4 Å². The second-order valence-corrected chi connectivity index (χ2v) is 9.08. The van der Waals surface area contributed by atoms with E-state index in [1.165, 1.54) is 4.57 Å². The van der Waals surface area contributed by atoms with Crippen molar-refractivity contribution in [1.29, 1.82) is 0 Å². The highest BCUT2D eigenvalue weighted by Crippen LogP contribution is 2.27. The Morgan fingerprint density at radius 2 is 1.71 bits per heavy atom. The monoisotopic (exact) mass is 478 g/mol. The first-order valence-corrected chi connectivity index (χ1v) is 11.5. The number of fused-ring (bicyclic) bond motifs is 1. The molecule has 1 aliphatic heterocycles. The van der Waals surface area contributed by atoms with Gasteiger partial charge in [-0.25, -0.2) is 9.78 Å². The van der Waals surface area contributed by atoms with Crippen LogP contribution in [0.25, 0.3) is 11.0 Å². The highest BCUT2D eigenvalue weighted by molar-refractivity contribution is 5.93. The van der Waals surface area contributed by atoms with E-state index in [4.69, 9.17) is 0 Å². The number of carbonyl (C=O) groups is 2. The van der Waals surface area contributed by atoms with Gasteiger partial charge in [-0.2, -0.15) is 0 Å². The van der Waals surface area contributed by atoms with E-state index < -0.39 is 23.7 Å². The Labute approximate surface area is 202 Å². The Morgan fingerprint density at radius 3 is 2.37 bits per heavy atom. The molecule has 3 heterocycles. The van der Waals surface area contributed by atoms with Crippen molar-refractivity contribution in [1.82, 2.24) is 19.0 Å². The summed E-state index contributed by atoms with van der Waals surface area (Å²) in [6.45, 7) is 8.97. The Morgan fingerprint density at radius 1 is 1.03 bits per heavy atom. The van der Waals surface area contributed by atoms with E-state index >= 15 is 0 Å². The number of rotatable bonds is 4. The van der Waals surface area contributed by atoms with Crippen molar-refractivity contribution in [3.8, 4) is 0 Å². The smallest absolute Gasteiger partial charge is 0.332 e. The molecule has 10 nitrogen and oxygen atoms in total. The minimum absolute atomic E-state index is 0.0144. The molecule has 3 aromatic rings. The molecule has 1 saturated heterocycles. The molecule has 0 aliphatic carbocycles. The third-order valence-electron chi connectivity index (χ3n) is 6.52. The molecular formula is C25H30N6O4. The van der Waals surface area contributed by atoms with Gasteiger partial charge < -0.3 is 15.1 Å². The number of aromatic nitrogens is 3. The Bertz CT molecular complexity index is 1450. The van der Waals surface area contributed by atoms with Gasteiger partial charge in [-0.15, -0.1) is 0 Å². The molecule has 0 bridgehead atoms. The zero-order valence-corrected chi connectivity index (χ0v) is 20.7. The number of carbonyl (C=O) groups excluding carboxylic acids is 2. The number of anilines is 2. The summed E-state index contributed by atoms with van der Waals surface area (Å²) in [6, 6.07) is 5.70. The molecule has 35 heavy (non-hydrogen) atoms. The quantitative estimate of drug-likeness (QED) is 0.606. The maximum Gasteiger partial charge on any atom is 0.332 e. The molecule has 1 aliphatic rings. The fourth-order valence-electron chi connectivity index (χ4n) is 4.53. The maximum atomic E-state index is 13.6. The van der Waals surface area contributed by atoms with E-state index in [9.17, 15) is 19.2 Å². The highest BCUT2D eigenvalue weighted by atomic mass is 16.2. The summed E-state index contributed by atoms with van der Waals surface area (Å²) in [5.41, 5.74) is 3.08. The van der Waals surface area contributed by atoms with Crippen molar-refractivity contribution in [2.45, 2.75) is 34.2 Å². The molecule has 0 atom stereocenters. The third kappa shape index (κ3) is 4.55. The summed E-state index contributed by atoms with van der Waals surface area (Å²) >= 11 is 0. The van der Waals surface area contributed by atoms with Crippen LogP contribution in [-0.2, 0) is 23.2 Å². The van der Waals surface area contributed by atoms with Gasteiger partial charge in [0.1, 0.15) is 11.9 Å². The number of aryl methyl sites for hydroxylation is 4. The molecule has 0 spiro atoms. The summed E-state index contributed by atoms with van der Waals surface area (Å²) in [5.74, 6) is -0.449. The number of nitrogens with zero attached hydrogens (tertiary/aromatic N) is 5. The second-order valence-electron chi connectivity index (χ2n) is 9.08. The fourth-order valence-corrected chi connectivity index (χ4v) is 4.53. The summed E-state index contributed by atoms with van der Waals surface area (Å²) < 4.78 is 2.26. The molecule has 2 amide bonds. The van der Waals surface area contributed by atoms with E-state index in [0.29, 0.717) is 42.9 Å². The average molecular weight is 479 g/mol. The van der Waals surface area contributed by atoms with Crippen LogP contribution in [0.15, 0.2) is 34.0 Å². The van der Waals surface area contributed by atoms with Crippen molar-refractivity contribution >= 4 is 34.2 Å². The Kier molecular flexibility index (Phi) is 6.47. The highest BCUT2D eigenvalue weighted by Gasteiger charge is 2.25. The van der Waals surface area contributed by atoms with Crippen molar-refractivity contribution in [3.63, 3.8) is 0 Å². The number of hydrogen-bond donors (Lipinski definition) is 1. The van der Waals surface area contributed by atoms with E-state index in [1.54, 1.807) is 25.1 Å². The Hall–Kier alpha value is -3.95. The predicted octanol–water partition coefficient (Wildman–Crippen LogP) is 1.33. The van der Waals surface area contributed by atoms with Gasteiger partial charge in [0.2, 0.25) is 11.8 Å². The minimum Gasteiger partial charge on any atom is -0.367 e. The van der Waals surface area contributed by atoms with Crippen molar-refractivity contribution in [2.24, 2.45) is 7.05 Å². The lowest BCUT2D eigenvalue weighted by Crippen LogP contribution is -2.49. The normalized spacial score (nSPS) is 13.9. The maximum absolute atomic E-state index is 13.6.